The molecule has 2 N–H and O–H groups in total. The fraction of sp³-hybridized carbons (Fsp3) is 0.600. The average Bonchev–Trinajstić information content (AvgIpc) is 2.59. The molecule has 6 heteroatoms. The van der Waals surface area contributed by atoms with Crippen LogP contribution in [0.25, 0.3) is 0 Å². The van der Waals surface area contributed by atoms with Crippen molar-refractivity contribution >= 4 is 27.3 Å². The van der Waals surface area contributed by atoms with Crippen LogP contribution in [-0.4, -0.2) is 38.6 Å². The number of halogens is 1. The van der Waals surface area contributed by atoms with Gasteiger partial charge < -0.3 is 19.9 Å². The Morgan fingerprint density at radius 1 is 1.56 bits per heavy atom. The van der Waals surface area contributed by atoms with Gasteiger partial charge in [-0.2, -0.15) is 0 Å². The van der Waals surface area contributed by atoms with Gasteiger partial charge in [-0.1, -0.05) is 0 Å². The molecule has 1 unspecified atom stereocenters. The van der Waals surface area contributed by atoms with E-state index in [0.29, 0.717) is 19.7 Å². The first-order valence-electron chi connectivity index (χ1n) is 4.87. The van der Waals surface area contributed by atoms with Crippen LogP contribution in [-0.2, 0) is 11.3 Å². The zero-order chi connectivity index (χ0) is 12.0. The van der Waals surface area contributed by atoms with E-state index in [4.69, 9.17) is 9.47 Å². The van der Waals surface area contributed by atoms with E-state index in [1.54, 1.807) is 25.6 Å². The van der Waals surface area contributed by atoms with Gasteiger partial charge in [0.15, 0.2) is 5.06 Å². The van der Waals surface area contributed by atoms with E-state index in [1.165, 1.54) is 0 Å². The van der Waals surface area contributed by atoms with Crippen molar-refractivity contribution in [2.45, 2.75) is 12.6 Å². The Bertz CT molecular complexity index is 319. The third kappa shape index (κ3) is 4.39. The van der Waals surface area contributed by atoms with Gasteiger partial charge in [0.05, 0.1) is 24.3 Å². The third-order valence-corrected chi connectivity index (χ3v) is 3.88. The lowest BCUT2D eigenvalue weighted by molar-refractivity contribution is 0.0644. The first-order valence-corrected chi connectivity index (χ1v) is 6.48. The molecule has 16 heavy (non-hydrogen) atoms. The molecule has 1 rings (SSSR count). The van der Waals surface area contributed by atoms with E-state index in [-0.39, 0.29) is 0 Å². The highest BCUT2D eigenvalue weighted by Gasteiger charge is 2.07. The summed E-state index contributed by atoms with van der Waals surface area (Å²) in [6.45, 7) is 1.59. The number of aliphatic hydroxyl groups is 1. The second-order valence-corrected chi connectivity index (χ2v) is 5.25. The molecule has 0 amide bonds. The molecular weight excluding hydrogens is 294 g/mol. The summed E-state index contributed by atoms with van der Waals surface area (Å²) in [4.78, 5) is 1.16. The van der Waals surface area contributed by atoms with Crippen LogP contribution in [0.2, 0.25) is 0 Å². The minimum Gasteiger partial charge on any atom is -0.486 e. The molecule has 1 aromatic heterocycles. The molecule has 0 aromatic carbocycles. The Hall–Kier alpha value is -0.140. The number of methoxy groups -OCH3 is 2. The number of hydrogen-bond donors (Lipinski definition) is 2. The standard InChI is InChI=1S/C10H16BrNO3S/c1-14-6-7(13)4-12-5-8-3-9(11)10(15-2)16-8/h3,7,12-13H,4-6H2,1-2H3. The van der Waals surface area contributed by atoms with Crippen LogP contribution in [0.3, 0.4) is 0 Å². The molecule has 1 heterocycles. The maximum atomic E-state index is 9.42. The molecule has 0 aliphatic rings. The predicted octanol–water partition coefficient (Wildman–Crippen LogP) is 1.62. The van der Waals surface area contributed by atoms with Gasteiger partial charge in [0, 0.05) is 25.1 Å². The fourth-order valence-electron chi connectivity index (χ4n) is 1.24. The SMILES string of the molecule is COCC(O)CNCc1cc(Br)c(OC)s1. The Morgan fingerprint density at radius 3 is 2.88 bits per heavy atom. The Kier molecular flexibility index (Phi) is 6.30. The summed E-state index contributed by atoms with van der Waals surface area (Å²) in [5, 5.41) is 13.4. The van der Waals surface area contributed by atoms with E-state index in [0.717, 1.165) is 14.4 Å². The van der Waals surface area contributed by atoms with Gasteiger partial charge in [0.2, 0.25) is 0 Å². The molecule has 92 valence electrons. The molecule has 0 bridgehead atoms. The zero-order valence-electron chi connectivity index (χ0n) is 9.33. The number of thiophene rings is 1. The highest BCUT2D eigenvalue weighted by atomic mass is 79.9. The van der Waals surface area contributed by atoms with Crippen molar-refractivity contribution in [2.75, 3.05) is 27.4 Å². The van der Waals surface area contributed by atoms with Gasteiger partial charge in [0.25, 0.3) is 0 Å². The summed E-state index contributed by atoms with van der Waals surface area (Å²) < 4.78 is 11.0. The minimum atomic E-state index is -0.463. The molecular formula is C10H16BrNO3S. The van der Waals surface area contributed by atoms with Gasteiger partial charge in [-0.15, -0.1) is 11.3 Å². The first kappa shape index (κ1) is 13.9. The van der Waals surface area contributed by atoms with Crippen LogP contribution in [0.5, 0.6) is 5.06 Å². The second kappa shape index (κ2) is 7.24. The van der Waals surface area contributed by atoms with Crippen molar-refractivity contribution in [3.63, 3.8) is 0 Å². The largest absolute Gasteiger partial charge is 0.486 e. The molecule has 0 spiro atoms. The second-order valence-electron chi connectivity index (χ2n) is 3.29. The number of ether oxygens (including phenoxy) is 2. The van der Waals surface area contributed by atoms with Gasteiger partial charge >= 0.3 is 0 Å². The Balaban J connectivity index is 2.31. The van der Waals surface area contributed by atoms with Crippen LogP contribution in [0, 0.1) is 0 Å². The number of rotatable bonds is 7. The van der Waals surface area contributed by atoms with Crippen molar-refractivity contribution in [1.82, 2.24) is 5.32 Å². The molecule has 1 aromatic rings. The van der Waals surface area contributed by atoms with E-state index in [2.05, 4.69) is 21.2 Å². The van der Waals surface area contributed by atoms with Crippen LogP contribution < -0.4 is 10.1 Å². The van der Waals surface area contributed by atoms with Gasteiger partial charge in [-0.3, -0.25) is 0 Å². The summed E-state index contributed by atoms with van der Waals surface area (Å²) >= 11 is 4.99. The lowest BCUT2D eigenvalue weighted by Crippen LogP contribution is -2.29. The van der Waals surface area contributed by atoms with Crippen molar-refractivity contribution in [1.29, 1.82) is 0 Å². The summed E-state index contributed by atoms with van der Waals surface area (Å²) in [5.41, 5.74) is 0. The zero-order valence-corrected chi connectivity index (χ0v) is 11.7. The van der Waals surface area contributed by atoms with Crippen molar-refractivity contribution in [3.8, 4) is 5.06 Å². The lowest BCUT2D eigenvalue weighted by atomic mass is 10.3. The maximum absolute atomic E-state index is 9.42. The topological polar surface area (TPSA) is 50.7 Å². The first-order chi connectivity index (χ1) is 7.67. The van der Waals surface area contributed by atoms with E-state index < -0.39 is 6.10 Å². The highest BCUT2D eigenvalue weighted by molar-refractivity contribution is 9.10. The van der Waals surface area contributed by atoms with Gasteiger partial charge in [-0.25, -0.2) is 0 Å². The number of hydrogen-bond acceptors (Lipinski definition) is 5. The van der Waals surface area contributed by atoms with Crippen LogP contribution >= 0.6 is 27.3 Å². The maximum Gasteiger partial charge on any atom is 0.188 e. The van der Waals surface area contributed by atoms with E-state index in [1.807, 2.05) is 6.07 Å². The summed E-state index contributed by atoms with van der Waals surface area (Å²) in [5.74, 6) is 0. The molecule has 0 aliphatic heterocycles. The molecule has 4 nitrogen and oxygen atoms in total. The Morgan fingerprint density at radius 2 is 2.31 bits per heavy atom. The van der Waals surface area contributed by atoms with Crippen molar-refractivity contribution in [2.24, 2.45) is 0 Å². The molecule has 0 radical (unpaired) electrons. The van der Waals surface area contributed by atoms with E-state index >= 15 is 0 Å². The number of nitrogens with one attached hydrogen (secondary N) is 1. The van der Waals surface area contributed by atoms with Crippen LogP contribution in [0.1, 0.15) is 4.88 Å². The number of aliphatic hydroxyl groups excluding tert-OH is 1. The molecule has 0 fully saturated rings. The quantitative estimate of drug-likeness (QED) is 0.803. The summed E-state index contributed by atoms with van der Waals surface area (Å²) in [6, 6.07) is 2.01. The van der Waals surface area contributed by atoms with Crippen molar-refractivity contribution < 1.29 is 14.6 Å². The lowest BCUT2D eigenvalue weighted by Gasteiger charge is -2.09. The molecule has 0 saturated heterocycles. The highest BCUT2D eigenvalue weighted by Crippen LogP contribution is 2.34. The predicted molar refractivity (Wildman–Crippen MR) is 68.2 cm³/mol. The third-order valence-electron chi connectivity index (χ3n) is 1.93. The Labute approximate surface area is 108 Å². The van der Waals surface area contributed by atoms with Crippen LogP contribution in [0.4, 0.5) is 0 Å². The average molecular weight is 310 g/mol. The van der Waals surface area contributed by atoms with Gasteiger partial charge in [-0.05, 0) is 22.0 Å². The molecule has 0 aliphatic carbocycles. The van der Waals surface area contributed by atoms with Crippen LogP contribution in [0.15, 0.2) is 10.5 Å². The van der Waals surface area contributed by atoms with E-state index in [9.17, 15) is 5.11 Å². The van der Waals surface area contributed by atoms with Gasteiger partial charge in [0.1, 0.15) is 0 Å². The fourth-order valence-corrected chi connectivity index (χ4v) is 2.90. The smallest absolute Gasteiger partial charge is 0.188 e. The summed E-state index contributed by atoms with van der Waals surface area (Å²) in [7, 11) is 3.22. The normalized spacial score (nSPS) is 12.8. The minimum absolute atomic E-state index is 0.352. The van der Waals surface area contributed by atoms with Crippen molar-refractivity contribution in [3.05, 3.63) is 15.4 Å². The summed E-state index contributed by atoms with van der Waals surface area (Å²) in [6.07, 6.45) is -0.463. The monoisotopic (exact) mass is 309 g/mol. The molecule has 1 atom stereocenters. The molecule has 0 saturated carbocycles.